The van der Waals surface area contributed by atoms with Gasteiger partial charge in [0.25, 0.3) is 0 Å². The molecular formula is C13H18ClN3. The zero-order valence-corrected chi connectivity index (χ0v) is 11.3. The molecule has 1 aromatic carbocycles. The Bertz CT molecular complexity index is 519. The summed E-state index contributed by atoms with van der Waals surface area (Å²) in [5, 5.41) is 4.16. The number of para-hydroxylation sites is 1. The lowest BCUT2D eigenvalue weighted by atomic mass is 10.3. The van der Waals surface area contributed by atoms with Gasteiger partial charge in [-0.1, -0.05) is 24.6 Å². The molecule has 2 rings (SSSR count). The van der Waals surface area contributed by atoms with Gasteiger partial charge in [0.2, 0.25) is 0 Å². The monoisotopic (exact) mass is 251 g/mol. The molecule has 0 radical (unpaired) electrons. The first-order valence-electron chi connectivity index (χ1n) is 6.07. The molecule has 0 amide bonds. The summed E-state index contributed by atoms with van der Waals surface area (Å²) in [6.07, 6.45) is 0. The van der Waals surface area contributed by atoms with Crippen molar-refractivity contribution in [3.05, 3.63) is 29.0 Å². The number of hydrogen-bond acceptors (Lipinski definition) is 2. The third kappa shape index (κ3) is 2.17. The van der Waals surface area contributed by atoms with E-state index in [1.807, 2.05) is 18.2 Å². The number of fused-ring (bicyclic) bond motifs is 1. The first-order chi connectivity index (χ1) is 8.19. The maximum Gasteiger partial charge on any atom is 0.126 e. The minimum absolute atomic E-state index is 0.239. The molecule has 0 saturated heterocycles. The van der Waals surface area contributed by atoms with Crippen LogP contribution in [-0.4, -0.2) is 16.1 Å². The van der Waals surface area contributed by atoms with Crippen molar-refractivity contribution < 1.29 is 0 Å². The number of hydrogen-bond donors (Lipinski definition) is 1. The van der Waals surface area contributed by atoms with Gasteiger partial charge < -0.3 is 9.88 Å². The Morgan fingerprint density at radius 1 is 1.41 bits per heavy atom. The summed E-state index contributed by atoms with van der Waals surface area (Å²) in [6, 6.07) is 6.11. The van der Waals surface area contributed by atoms with Gasteiger partial charge >= 0.3 is 0 Å². The van der Waals surface area contributed by atoms with Crippen molar-refractivity contribution in [2.75, 3.05) is 6.54 Å². The van der Waals surface area contributed by atoms with Crippen LogP contribution in [-0.2, 0) is 6.54 Å². The van der Waals surface area contributed by atoms with Gasteiger partial charge in [-0.15, -0.1) is 0 Å². The lowest BCUT2D eigenvalue weighted by Gasteiger charge is -2.14. The topological polar surface area (TPSA) is 29.9 Å². The van der Waals surface area contributed by atoms with E-state index >= 15 is 0 Å². The van der Waals surface area contributed by atoms with Crippen molar-refractivity contribution in [3.63, 3.8) is 0 Å². The molecule has 92 valence electrons. The molecule has 1 aromatic heterocycles. The first kappa shape index (κ1) is 12.4. The SMILES string of the molecule is CCNC(C)c1nc2cccc(Cl)c2n1CC. The molecule has 0 spiro atoms. The van der Waals surface area contributed by atoms with Crippen molar-refractivity contribution in [1.29, 1.82) is 0 Å². The third-order valence-electron chi connectivity index (χ3n) is 2.96. The molecule has 1 heterocycles. The van der Waals surface area contributed by atoms with Crippen molar-refractivity contribution in [3.8, 4) is 0 Å². The minimum atomic E-state index is 0.239. The van der Waals surface area contributed by atoms with Crippen LogP contribution in [0.2, 0.25) is 5.02 Å². The van der Waals surface area contributed by atoms with E-state index < -0.39 is 0 Å². The zero-order chi connectivity index (χ0) is 12.4. The number of nitrogens with one attached hydrogen (secondary N) is 1. The van der Waals surface area contributed by atoms with E-state index in [2.05, 4.69) is 35.6 Å². The molecule has 0 bridgehead atoms. The van der Waals surface area contributed by atoms with Crippen LogP contribution in [0.3, 0.4) is 0 Å². The average molecular weight is 252 g/mol. The van der Waals surface area contributed by atoms with Gasteiger partial charge in [-0.05, 0) is 32.5 Å². The van der Waals surface area contributed by atoms with Gasteiger partial charge in [-0.3, -0.25) is 0 Å². The van der Waals surface area contributed by atoms with E-state index in [1.165, 1.54) is 0 Å². The lowest BCUT2D eigenvalue weighted by molar-refractivity contribution is 0.538. The average Bonchev–Trinajstić information content (AvgIpc) is 2.69. The number of aromatic nitrogens is 2. The number of imidazole rings is 1. The standard InChI is InChI=1S/C13H18ClN3/c1-4-15-9(3)13-16-11-8-6-7-10(14)12(11)17(13)5-2/h6-9,15H,4-5H2,1-3H3. The summed E-state index contributed by atoms with van der Waals surface area (Å²) < 4.78 is 2.19. The van der Waals surface area contributed by atoms with Gasteiger partial charge in [0.15, 0.2) is 0 Å². The second-order valence-corrected chi connectivity index (χ2v) is 4.51. The highest BCUT2D eigenvalue weighted by molar-refractivity contribution is 6.35. The molecule has 17 heavy (non-hydrogen) atoms. The highest BCUT2D eigenvalue weighted by Gasteiger charge is 2.16. The Morgan fingerprint density at radius 3 is 2.82 bits per heavy atom. The summed E-state index contributed by atoms with van der Waals surface area (Å²) >= 11 is 6.25. The largest absolute Gasteiger partial charge is 0.326 e. The highest BCUT2D eigenvalue weighted by atomic mass is 35.5. The minimum Gasteiger partial charge on any atom is -0.326 e. The second kappa shape index (κ2) is 5.07. The fourth-order valence-corrected chi connectivity index (χ4v) is 2.48. The van der Waals surface area contributed by atoms with Crippen LogP contribution in [0.1, 0.15) is 32.6 Å². The maximum absolute atomic E-state index is 6.25. The maximum atomic E-state index is 6.25. The molecule has 0 aliphatic heterocycles. The van der Waals surface area contributed by atoms with Crippen LogP contribution in [0, 0.1) is 0 Å². The van der Waals surface area contributed by atoms with Crippen LogP contribution in [0.5, 0.6) is 0 Å². The lowest BCUT2D eigenvalue weighted by Crippen LogP contribution is -2.21. The number of rotatable bonds is 4. The van der Waals surface area contributed by atoms with Crippen LogP contribution in [0.15, 0.2) is 18.2 Å². The highest BCUT2D eigenvalue weighted by Crippen LogP contribution is 2.26. The van der Waals surface area contributed by atoms with E-state index in [0.717, 1.165) is 35.0 Å². The normalized spacial score (nSPS) is 13.2. The summed E-state index contributed by atoms with van der Waals surface area (Å²) in [6.45, 7) is 8.16. The summed E-state index contributed by atoms with van der Waals surface area (Å²) in [5.74, 6) is 1.05. The predicted octanol–water partition coefficient (Wildman–Crippen LogP) is 3.38. The third-order valence-corrected chi connectivity index (χ3v) is 3.27. The van der Waals surface area contributed by atoms with E-state index in [1.54, 1.807) is 0 Å². The fourth-order valence-electron chi connectivity index (χ4n) is 2.21. The van der Waals surface area contributed by atoms with Crippen molar-refractivity contribution in [2.45, 2.75) is 33.4 Å². The Labute approximate surface area is 107 Å². The smallest absolute Gasteiger partial charge is 0.126 e. The zero-order valence-electron chi connectivity index (χ0n) is 10.5. The molecule has 0 fully saturated rings. The van der Waals surface area contributed by atoms with Gasteiger partial charge in [0.05, 0.1) is 22.1 Å². The van der Waals surface area contributed by atoms with Crippen molar-refractivity contribution >= 4 is 22.6 Å². The van der Waals surface area contributed by atoms with Crippen molar-refractivity contribution in [2.24, 2.45) is 0 Å². The van der Waals surface area contributed by atoms with Gasteiger partial charge in [-0.2, -0.15) is 0 Å². The Kier molecular flexibility index (Phi) is 3.69. The number of benzene rings is 1. The van der Waals surface area contributed by atoms with E-state index in [4.69, 9.17) is 11.6 Å². The quantitative estimate of drug-likeness (QED) is 0.903. The molecular weight excluding hydrogens is 234 g/mol. The Balaban J connectivity index is 2.60. The van der Waals surface area contributed by atoms with Gasteiger partial charge in [0, 0.05) is 6.54 Å². The molecule has 0 aliphatic carbocycles. The molecule has 0 saturated carbocycles. The first-order valence-corrected chi connectivity index (χ1v) is 6.44. The van der Waals surface area contributed by atoms with Crippen LogP contribution >= 0.6 is 11.6 Å². The van der Waals surface area contributed by atoms with Crippen molar-refractivity contribution in [1.82, 2.24) is 14.9 Å². The van der Waals surface area contributed by atoms with E-state index in [0.29, 0.717) is 0 Å². The molecule has 1 unspecified atom stereocenters. The molecule has 1 atom stereocenters. The fraction of sp³-hybridized carbons (Fsp3) is 0.462. The second-order valence-electron chi connectivity index (χ2n) is 4.10. The number of aryl methyl sites for hydroxylation is 1. The molecule has 0 aliphatic rings. The van der Waals surface area contributed by atoms with E-state index in [-0.39, 0.29) is 6.04 Å². The summed E-state index contributed by atoms with van der Waals surface area (Å²) in [4.78, 5) is 4.68. The Morgan fingerprint density at radius 2 is 2.18 bits per heavy atom. The summed E-state index contributed by atoms with van der Waals surface area (Å²) in [7, 11) is 0. The predicted molar refractivity (Wildman–Crippen MR) is 72.5 cm³/mol. The number of halogens is 1. The van der Waals surface area contributed by atoms with E-state index in [9.17, 15) is 0 Å². The van der Waals surface area contributed by atoms with Crippen LogP contribution in [0.4, 0.5) is 0 Å². The molecule has 1 N–H and O–H groups in total. The molecule has 4 heteroatoms. The molecule has 2 aromatic rings. The van der Waals surface area contributed by atoms with Gasteiger partial charge in [-0.25, -0.2) is 4.98 Å². The summed E-state index contributed by atoms with van der Waals surface area (Å²) in [5.41, 5.74) is 2.01. The van der Waals surface area contributed by atoms with Crippen LogP contribution in [0.25, 0.3) is 11.0 Å². The Hall–Kier alpha value is -1.06. The molecule has 3 nitrogen and oxygen atoms in total. The van der Waals surface area contributed by atoms with Crippen LogP contribution < -0.4 is 5.32 Å². The van der Waals surface area contributed by atoms with Gasteiger partial charge in [0.1, 0.15) is 5.82 Å². The number of nitrogens with zero attached hydrogens (tertiary/aromatic N) is 2.